The summed E-state index contributed by atoms with van der Waals surface area (Å²) in [6.07, 6.45) is 3.43. The second-order valence-electron chi connectivity index (χ2n) is 9.92. The molecule has 0 radical (unpaired) electrons. The molecule has 1 saturated carbocycles. The van der Waals surface area contributed by atoms with Gasteiger partial charge in [-0.2, -0.15) is 0 Å². The zero-order valence-electron chi connectivity index (χ0n) is 19.8. The number of carbonyl (C=O) groups excluding carboxylic acids is 1. The van der Waals surface area contributed by atoms with E-state index in [0.717, 1.165) is 18.4 Å². The van der Waals surface area contributed by atoms with Gasteiger partial charge in [-0.1, -0.05) is 13.0 Å². The Bertz CT molecular complexity index is 1160. The van der Waals surface area contributed by atoms with E-state index >= 15 is 0 Å². The number of hydrogen-bond acceptors (Lipinski definition) is 6. The molecule has 1 atom stereocenters. The second kappa shape index (κ2) is 9.85. The summed E-state index contributed by atoms with van der Waals surface area (Å²) in [7, 11) is -3.74. The number of benzene rings is 1. The molecule has 3 rings (SSSR count). The number of H-pyrrole nitrogens is 1. The average molecular weight is 479 g/mol. The number of aliphatic hydroxyl groups excluding tert-OH is 1. The highest BCUT2D eigenvalue weighted by Crippen LogP contribution is 2.43. The predicted molar refractivity (Wildman–Crippen MR) is 127 cm³/mol. The molecular formula is C24H34N2O6S. The van der Waals surface area contributed by atoms with Crippen LogP contribution in [0.1, 0.15) is 58.4 Å². The fourth-order valence-electron chi connectivity index (χ4n) is 4.03. The third-order valence-corrected chi connectivity index (χ3v) is 7.56. The molecule has 0 bridgehead atoms. The Morgan fingerprint density at radius 3 is 2.61 bits per heavy atom. The quantitative estimate of drug-likeness (QED) is 0.570. The molecule has 33 heavy (non-hydrogen) atoms. The summed E-state index contributed by atoms with van der Waals surface area (Å²) in [5, 5.41) is 10.1. The number of rotatable bonds is 9. The summed E-state index contributed by atoms with van der Waals surface area (Å²) in [5.74, 6) is -0.302. The third-order valence-electron chi connectivity index (χ3n) is 5.54. The molecular weight excluding hydrogens is 444 g/mol. The van der Waals surface area contributed by atoms with Crippen molar-refractivity contribution >= 4 is 26.7 Å². The van der Waals surface area contributed by atoms with Crippen molar-refractivity contribution in [2.75, 3.05) is 25.4 Å². The van der Waals surface area contributed by atoms with Crippen molar-refractivity contribution in [2.45, 2.75) is 63.4 Å². The minimum absolute atomic E-state index is 0.0829. The van der Waals surface area contributed by atoms with Gasteiger partial charge in [-0.15, -0.1) is 0 Å². The van der Waals surface area contributed by atoms with E-state index in [-0.39, 0.29) is 47.7 Å². The minimum atomic E-state index is -3.74. The van der Waals surface area contributed by atoms with Crippen molar-refractivity contribution in [3.8, 4) is 0 Å². The van der Waals surface area contributed by atoms with Crippen LogP contribution < -0.4 is 5.56 Å². The topological polar surface area (TPSA) is 117 Å². The zero-order valence-corrected chi connectivity index (χ0v) is 20.6. The van der Waals surface area contributed by atoms with Crippen molar-refractivity contribution in [1.29, 1.82) is 0 Å². The molecule has 0 saturated heterocycles. The van der Waals surface area contributed by atoms with Gasteiger partial charge in [0.2, 0.25) is 0 Å². The van der Waals surface area contributed by atoms with Crippen LogP contribution in [-0.2, 0) is 14.6 Å². The standard InChI is InChI=1S/C24H34N2O6S/c1-16(14-26(11-6-12-27)23(29)32-24(2,3)4)15-33(30,31)20-8-5-7-18-21(20)19(17-9-10-17)13-25-22(18)28/h5,7-8,13,16-17,27H,6,9-12,14-15H2,1-4H3,(H,25,28). The number of carbonyl (C=O) groups is 1. The van der Waals surface area contributed by atoms with Crippen LogP contribution in [0.5, 0.6) is 0 Å². The van der Waals surface area contributed by atoms with E-state index in [2.05, 4.69) is 4.98 Å². The van der Waals surface area contributed by atoms with E-state index in [1.165, 1.54) is 4.90 Å². The van der Waals surface area contributed by atoms with E-state index in [4.69, 9.17) is 4.74 Å². The van der Waals surface area contributed by atoms with Gasteiger partial charge in [0.1, 0.15) is 5.60 Å². The van der Waals surface area contributed by atoms with E-state index in [9.17, 15) is 23.1 Å². The monoisotopic (exact) mass is 478 g/mol. The summed E-state index contributed by atoms with van der Waals surface area (Å²) < 4.78 is 32.4. The first-order valence-electron chi connectivity index (χ1n) is 11.4. The highest BCUT2D eigenvalue weighted by atomic mass is 32.2. The number of pyridine rings is 1. The summed E-state index contributed by atoms with van der Waals surface area (Å²) in [5.41, 5.74) is -0.117. The van der Waals surface area contributed by atoms with Gasteiger partial charge >= 0.3 is 6.09 Å². The molecule has 1 unspecified atom stereocenters. The molecule has 1 aliphatic rings. The van der Waals surface area contributed by atoms with Crippen LogP contribution >= 0.6 is 0 Å². The lowest BCUT2D eigenvalue weighted by Crippen LogP contribution is -2.41. The van der Waals surface area contributed by atoms with Gasteiger partial charge in [0, 0.05) is 36.7 Å². The maximum atomic E-state index is 13.5. The zero-order chi connectivity index (χ0) is 24.4. The molecule has 0 spiro atoms. The van der Waals surface area contributed by atoms with Crippen molar-refractivity contribution in [3.05, 3.63) is 40.3 Å². The van der Waals surface area contributed by atoms with Crippen LogP contribution in [0, 0.1) is 5.92 Å². The van der Waals surface area contributed by atoms with Gasteiger partial charge in [-0.05, 0) is 69.6 Å². The number of aromatic nitrogens is 1. The van der Waals surface area contributed by atoms with Gasteiger partial charge in [0.05, 0.1) is 10.6 Å². The minimum Gasteiger partial charge on any atom is -0.444 e. The summed E-state index contributed by atoms with van der Waals surface area (Å²) in [6, 6.07) is 4.81. The molecule has 182 valence electrons. The van der Waals surface area contributed by atoms with E-state index in [1.807, 2.05) is 0 Å². The maximum Gasteiger partial charge on any atom is 0.410 e. The number of nitrogens with one attached hydrogen (secondary N) is 1. The Hall–Kier alpha value is -2.39. The first-order chi connectivity index (χ1) is 15.4. The van der Waals surface area contributed by atoms with Crippen LogP contribution in [0.4, 0.5) is 4.79 Å². The number of fused-ring (bicyclic) bond motifs is 1. The SMILES string of the molecule is CC(CN(CCCO)C(=O)OC(C)(C)C)CS(=O)(=O)c1cccc2c(=O)[nH]cc(C3CC3)c12. The predicted octanol–water partition coefficient (Wildman–Crippen LogP) is 3.43. The van der Waals surface area contributed by atoms with Crippen molar-refractivity contribution in [1.82, 2.24) is 9.88 Å². The molecule has 1 fully saturated rings. The Morgan fingerprint density at radius 1 is 1.30 bits per heavy atom. The van der Waals surface area contributed by atoms with Gasteiger partial charge in [0.15, 0.2) is 9.84 Å². The van der Waals surface area contributed by atoms with Gasteiger partial charge in [-0.3, -0.25) is 4.79 Å². The Morgan fingerprint density at radius 2 is 2.00 bits per heavy atom. The second-order valence-corrected chi connectivity index (χ2v) is 11.9. The van der Waals surface area contributed by atoms with E-state index in [1.54, 1.807) is 52.1 Å². The lowest BCUT2D eigenvalue weighted by molar-refractivity contribution is 0.0219. The number of ether oxygens (including phenoxy) is 1. The van der Waals surface area contributed by atoms with Crippen LogP contribution in [0.15, 0.2) is 34.1 Å². The van der Waals surface area contributed by atoms with Gasteiger partial charge < -0.3 is 19.7 Å². The summed E-state index contributed by atoms with van der Waals surface area (Å²) in [4.78, 5) is 29.3. The van der Waals surface area contributed by atoms with Crippen molar-refractivity contribution < 1.29 is 23.1 Å². The number of nitrogens with zero attached hydrogens (tertiary/aromatic N) is 1. The number of aliphatic hydroxyl groups is 1. The molecule has 8 nitrogen and oxygen atoms in total. The Balaban J connectivity index is 1.86. The van der Waals surface area contributed by atoms with Gasteiger partial charge in [0.25, 0.3) is 5.56 Å². The first kappa shape index (κ1) is 25.2. The molecule has 9 heteroatoms. The average Bonchev–Trinajstić information content (AvgIpc) is 3.54. The lowest BCUT2D eigenvalue weighted by atomic mass is 10.0. The molecule has 1 aliphatic carbocycles. The smallest absolute Gasteiger partial charge is 0.410 e. The van der Waals surface area contributed by atoms with Crippen molar-refractivity contribution in [3.63, 3.8) is 0 Å². The van der Waals surface area contributed by atoms with E-state index < -0.39 is 21.5 Å². The Kier molecular flexibility index (Phi) is 7.53. The molecule has 1 amide bonds. The van der Waals surface area contributed by atoms with Crippen LogP contribution in [0.2, 0.25) is 0 Å². The molecule has 2 aromatic rings. The highest BCUT2D eigenvalue weighted by molar-refractivity contribution is 7.91. The van der Waals surface area contributed by atoms with Gasteiger partial charge in [-0.25, -0.2) is 13.2 Å². The molecule has 2 N–H and O–H groups in total. The molecule has 0 aliphatic heterocycles. The van der Waals surface area contributed by atoms with Crippen LogP contribution in [0.25, 0.3) is 10.8 Å². The number of sulfone groups is 1. The van der Waals surface area contributed by atoms with Crippen molar-refractivity contribution in [2.24, 2.45) is 5.92 Å². The Labute approximate surface area is 194 Å². The number of amides is 1. The van der Waals surface area contributed by atoms with Crippen LogP contribution in [0.3, 0.4) is 0 Å². The first-order valence-corrected chi connectivity index (χ1v) is 13.0. The summed E-state index contributed by atoms with van der Waals surface area (Å²) in [6.45, 7) is 7.43. The fourth-order valence-corrected chi connectivity index (χ4v) is 5.88. The molecule has 1 heterocycles. The largest absolute Gasteiger partial charge is 0.444 e. The fraction of sp³-hybridized carbons (Fsp3) is 0.583. The molecule has 1 aromatic heterocycles. The third kappa shape index (κ3) is 6.35. The van der Waals surface area contributed by atoms with Crippen LogP contribution in [-0.4, -0.2) is 60.6 Å². The van der Waals surface area contributed by atoms with E-state index in [0.29, 0.717) is 17.2 Å². The lowest BCUT2D eigenvalue weighted by Gasteiger charge is -2.29. The maximum absolute atomic E-state index is 13.5. The number of hydrogen-bond donors (Lipinski definition) is 2. The normalized spacial score (nSPS) is 15.4. The highest BCUT2D eigenvalue weighted by Gasteiger charge is 2.31. The molecule has 1 aromatic carbocycles. The number of aromatic amines is 1. The summed E-state index contributed by atoms with van der Waals surface area (Å²) >= 11 is 0.